The number of carbonyl (C=O) groups excluding carboxylic acids is 1. The summed E-state index contributed by atoms with van der Waals surface area (Å²) in [6, 6.07) is 0. The topological polar surface area (TPSA) is 74.7 Å². The van der Waals surface area contributed by atoms with E-state index in [4.69, 9.17) is 5.11 Å². The van der Waals surface area contributed by atoms with Crippen LogP contribution >= 0.6 is 0 Å². The summed E-state index contributed by atoms with van der Waals surface area (Å²) in [7, 11) is -3.54. The molecule has 1 N–H and O–H groups in total. The number of aliphatic hydroxyl groups excluding tert-OH is 1. The molecule has 106 valence electrons. The summed E-state index contributed by atoms with van der Waals surface area (Å²) in [5, 5.41) is 7.67. The van der Waals surface area contributed by atoms with Gasteiger partial charge in [0.1, 0.15) is 5.25 Å². The highest BCUT2D eigenvalue weighted by Crippen LogP contribution is 2.22. The zero-order valence-corrected chi connectivity index (χ0v) is 12.1. The number of sulfone groups is 1. The molecule has 0 aromatic rings. The highest BCUT2D eigenvalue weighted by Gasteiger charge is 2.34. The van der Waals surface area contributed by atoms with Crippen LogP contribution in [-0.2, 0) is 14.6 Å². The summed E-state index contributed by atoms with van der Waals surface area (Å²) in [6.45, 7) is 6.38. The van der Waals surface area contributed by atoms with Crippen molar-refractivity contribution in [2.45, 2.75) is 32.4 Å². The third kappa shape index (κ3) is 3.68. The molecule has 3 atom stereocenters. The number of piperidine rings is 1. The van der Waals surface area contributed by atoms with Gasteiger partial charge in [-0.2, -0.15) is 0 Å². The lowest BCUT2D eigenvalue weighted by atomic mass is 9.92. The van der Waals surface area contributed by atoms with Crippen molar-refractivity contribution in [2.24, 2.45) is 11.8 Å². The fourth-order valence-electron chi connectivity index (χ4n) is 2.56. The molecule has 1 rings (SSSR count). The monoisotopic (exact) mass is 277 g/mol. The van der Waals surface area contributed by atoms with E-state index < -0.39 is 21.7 Å². The van der Waals surface area contributed by atoms with Gasteiger partial charge in [0.05, 0.1) is 12.4 Å². The van der Waals surface area contributed by atoms with Crippen LogP contribution in [0, 0.1) is 11.8 Å². The summed E-state index contributed by atoms with van der Waals surface area (Å²) in [5.41, 5.74) is 0. The summed E-state index contributed by atoms with van der Waals surface area (Å²) in [6.07, 6.45) is 1.07. The Labute approximate surface area is 109 Å². The van der Waals surface area contributed by atoms with Gasteiger partial charge in [-0.05, 0) is 25.2 Å². The largest absolute Gasteiger partial charge is 0.395 e. The zero-order valence-electron chi connectivity index (χ0n) is 11.3. The van der Waals surface area contributed by atoms with Gasteiger partial charge in [-0.1, -0.05) is 13.8 Å². The Morgan fingerprint density at radius 1 is 1.33 bits per heavy atom. The van der Waals surface area contributed by atoms with E-state index >= 15 is 0 Å². The Hall–Kier alpha value is -0.620. The van der Waals surface area contributed by atoms with Crippen LogP contribution in [0.3, 0.4) is 0 Å². The molecule has 1 aliphatic rings. The molecule has 5 nitrogen and oxygen atoms in total. The second kappa shape index (κ2) is 6.02. The predicted molar refractivity (Wildman–Crippen MR) is 69.9 cm³/mol. The second-order valence-electron chi connectivity index (χ2n) is 5.42. The van der Waals surface area contributed by atoms with Crippen LogP contribution in [0.25, 0.3) is 0 Å². The van der Waals surface area contributed by atoms with Gasteiger partial charge in [0.2, 0.25) is 5.91 Å². The van der Waals surface area contributed by atoms with Gasteiger partial charge in [0.15, 0.2) is 9.84 Å². The van der Waals surface area contributed by atoms with E-state index in [2.05, 4.69) is 13.8 Å². The summed E-state index contributed by atoms with van der Waals surface area (Å²) in [5.74, 6) is 0.136. The molecule has 1 fully saturated rings. The van der Waals surface area contributed by atoms with Crippen LogP contribution in [-0.4, -0.2) is 55.0 Å². The van der Waals surface area contributed by atoms with Gasteiger partial charge in [-0.15, -0.1) is 0 Å². The first-order valence-corrected chi connectivity index (χ1v) is 8.10. The molecule has 1 aliphatic heterocycles. The molecule has 0 aromatic carbocycles. The first kappa shape index (κ1) is 15.4. The van der Waals surface area contributed by atoms with E-state index in [0.717, 1.165) is 6.42 Å². The molecule has 18 heavy (non-hydrogen) atoms. The highest BCUT2D eigenvalue weighted by atomic mass is 32.2. The highest BCUT2D eigenvalue weighted by molar-refractivity contribution is 7.92. The lowest BCUT2D eigenvalue weighted by Gasteiger charge is -2.36. The number of likely N-dealkylation sites (tertiary alicyclic amines) is 1. The number of hydrogen-bond donors (Lipinski definition) is 1. The minimum atomic E-state index is -3.54. The molecular weight excluding hydrogens is 254 g/mol. The maximum atomic E-state index is 12.2. The van der Waals surface area contributed by atoms with Crippen LogP contribution in [0.15, 0.2) is 0 Å². The molecule has 1 heterocycles. The van der Waals surface area contributed by atoms with E-state index in [9.17, 15) is 13.2 Å². The quantitative estimate of drug-likeness (QED) is 0.801. The Morgan fingerprint density at radius 3 is 2.28 bits per heavy atom. The van der Waals surface area contributed by atoms with Gasteiger partial charge < -0.3 is 10.0 Å². The number of rotatable bonds is 4. The molecule has 0 aromatic heterocycles. The summed E-state index contributed by atoms with van der Waals surface area (Å²) < 4.78 is 23.5. The van der Waals surface area contributed by atoms with Crippen LogP contribution in [0.5, 0.6) is 0 Å². The Kier molecular flexibility index (Phi) is 5.16. The molecular formula is C12H23NO4S. The normalized spacial score (nSPS) is 27.0. The van der Waals surface area contributed by atoms with E-state index in [1.807, 2.05) is 0 Å². The molecule has 0 radical (unpaired) electrons. The van der Waals surface area contributed by atoms with Crippen molar-refractivity contribution < 1.29 is 18.3 Å². The summed E-state index contributed by atoms with van der Waals surface area (Å²) in [4.78, 5) is 13.8. The fourth-order valence-corrected chi connectivity index (χ4v) is 3.62. The second-order valence-corrected chi connectivity index (χ2v) is 7.86. The van der Waals surface area contributed by atoms with Crippen LogP contribution in [0.2, 0.25) is 0 Å². The number of amides is 1. The molecule has 6 heteroatoms. The van der Waals surface area contributed by atoms with Crippen LogP contribution in [0.1, 0.15) is 27.2 Å². The standard InChI is InChI=1S/C12H23NO4S/c1-9-6-10(2)8-13(7-9)12(15)11(3)18(16,17)5-4-14/h9-11,14H,4-8H2,1-3H3. The van der Waals surface area contributed by atoms with Gasteiger partial charge >= 0.3 is 0 Å². The smallest absolute Gasteiger partial charge is 0.240 e. The van der Waals surface area contributed by atoms with Crippen molar-refractivity contribution in [2.75, 3.05) is 25.4 Å². The number of nitrogens with zero attached hydrogens (tertiary/aromatic N) is 1. The SMILES string of the molecule is CC1CC(C)CN(C(=O)C(C)S(=O)(=O)CCO)C1. The maximum Gasteiger partial charge on any atom is 0.240 e. The van der Waals surface area contributed by atoms with Crippen molar-refractivity contribution in [1.82, 2.24) is 4.90 Å². The van der Waals surface area contributed by atoms with Gasteiger partial charge in [-0.3, -0.25) is 4.79 Å². The average Bonchev–Trinajstić information content (AvgIpc) is 2.25. The van der Waals surface area contributed by atoms with E-state index in [0.29, 0.717) is 24.9 Å². The minimum absolute atomic E-state index is 0.332. The minimum Gasteiger partial charge on any atom is -0.395 e. The van der Waals surface area contributed by atoms with Crippen molar-refractivity contribution in [3.8, 4) is 0 Å². The molecule has 0 saturated carbocycles. The van der Waals surface area contributed by atoms with Crippen molar-refractivity contribution in [3.63, 3.8) is 0 Å². The number of hydrogen-bond acceptors (Lipinski definition) is 4. The Morgan fingerprint density at radius 2 is 1.83 bits per heavy atom. The fraction of sp³-hybridized carbons (Fsp3) is 0.917. The summed E-state index contributed by atoms with van der Waals surface area (Å²) >= 11 is 0. The van der Waals surface area contributed by atoms with E-state index in [1.165, 1.54) is 6.92 Å². The molecule has 0 bridgehead atoms. The van der Waals surface area contributed by atoms with Crippen molar-refractivity contribution in [1.29, 1.82) is 0 Å². The maximum absolute atomic E-state index is 12.2. The van der Waals surface area contributed by atoms with Crippen molar-refractivity contribution in [3.05, 3.63) is 0 Å². The van der Waals surface area contributed by atoms with Crippen LogP contribution in [0.4, 0.5) is 0 Å². The zero-order chi connectivity index (χ0) is 13.9. The average molecular weight is 277 g/mol. The number of aliphatic hydroxyl groups is 1. The first-order valence-electron chi connectivity index (χ1n) is 6.39. The van der Waals surface area contributed by atoms with E-state index in [1.54, 1.807) is 4.90 Å². The third-order valence-electron chi connectivity index (χ3n) is 3.44. The Bertz CT molecular complexity index is 383. The lowest BCUT2D eigenvalue weighted by Crippen LogP contribution is -2.48. The van der Waals surface area contributed by atoms with Gasteiger partial charge in [-0.25, -0.2) is 8.42 Å². The number of carbonyl (C=O) groups is 1. The Balaban J connectivity index is 2.75. The molecule has 0 aliphatic carbocycles. The molecule has 1 saturated heterocycles. The van der Waals surface area contributed by atoms with Crippen LogP contribution < -0.4 is 0 Å². The lowest BCUT2D eigenvalue weighted by molar-refractivity contribution is -0.133. The van der Waals surface area contributed by atoms with Crippen molar-refractivity contribution >= 4 is 15.7 Å². The van der Waals surface area contributed by atoms with Gasteiger partial charge in [0.25, 0.3) is 0 Å². The first-order chi connectivity index (χ1) is 8.27. The predicted octanol–water partition coefficient (Wildman–Crippen LogP) is 0.287. The molecule has 1 amide bonds. The molecule has 0 spiro atoms. The molecule has 3 unspecified atom stereocenters. The third-order valence-corrected chi connectivity index (χ3v) is 5.47. The van der Waals surface area contributed by atoms with E-state index in [-0.39, 0.29) is 11.7 Å². The van der Waals surface area contributed by atoms with Gasteiger partial charge in [0, 0.05) is 13.1 Å².